The standard InChI is InChI=1S/C37H38ClN7O3S/c1-22-23(2)49-37-33(22)34(27-12-14-28(38)15-13-27)44-29(35(41)45(37)24(3)40)21-32(46)42-19-4-5-20-43-36(47)31-17-16-30(48-31)26-10-8-25(9-11-26)7-6-18-39/h8-17,29,40-41H,4-5,18-21,39H2,1-3H3,(H,42,46)(H,43,47)/t29-/m0/s1. The van der Waals surface area contributed by atoms with Crippen molar-refractivity contribution in [3.63, 3.8) is 0 Å². The van der Waals surface area contributed by atoms with Gasteiger partial charge in [0.1, 0.15) is 28.5 Å². The Morgan fingerprint density at radius 3 is 2.37 bits per heavy atom. The minimum Gasteiger partial charge on any atom is -0.451 e. The number of nitrogens with one attached hydrogen (secondary N) is 4. The number of furan rings is 1. The number of rotatable bonds is 10. The van der Waals surface area contributed by atoms with E-state index in [0.717, 1.165) is 37.7 Å². The molecule has 6 N–H and O–H groups in total. The van der Waals surface area contributed by atoms with Crippen molar-refractivity contribution < 1.29 is 14.0 Å². The second-order valence-corrected chi connectivity index (χ2v) is 13.2. The number of benzene rings is 2. The van der Waals surface area contributed by atoms with E-state index in [1.807, 2.05) is 50.2 Å². The Balaban J connectivity index is 1.15. The topological polar surface area (TPSA) is 161 Å². The number of nitrogens with two attached hydrogens (primary N) is 1. The molecule has 12 heteroatoms. The first-order valence-corrected chi connectivity index (χ1v) is 17.1. The number of nitrogens with zero attached hydrogens (tertiary/aromatic N) is 2. The van der Waals surface area contributed by atoms with Crippen LogP contribution in [-0.4, -0.2) is 54.9 Å². The zero-order valence-corrected chi connectivity index (χ0v) is 29.1. The van der Waals surface area contributed by atoms with E-state index in [1.54, 1.807) is 36.1 Å². The maximum Gasteiger partial charge on any atom is 0.287 e. The molecule has 0 unspecified atom stereocenters. The Morgan fingerprint density at radius 2 is 1.69 bits per heavy atom. The van der Waals surface area contributed by atoms with Crippen LogP contribution in [0.15, 0.2) is 70.1 Å². The number of anilines is 1. The monoisotopic (exact) mass is 695 g/mol. The molecule has 3 heterocycles. The van der Waals surface area contributed by atoms with Gasteiger partial charge in [-0.25, -0.2) is 0 Å². The van der Waals surface area contributed by atoms with Crippen molar-refractivity contribution in [3.8, 4) is 23.2 Å². The molecule has 0 aliphatic carbocycles. The third-order valence-corrected chi connectivity index (χ3v) is 9.47. The van der Waals surface area contributed by atoms with Crippen LogP contribution in [0.3, 0.4) is 0 Å². The number of aliphatic imine (C=N–C) groups is 1. The SMILES string of the molecule is CC(=N)N1C(=N)[C@H](CC(=O)NCCCCNC(=O)c2ccc(-c3ccc(C#CCN)cc3)o2)N=C(c2ccc(Cl)cc2)c2c1sc(C)c2C. The van der Waals surface area contributed by atoms with E-state index in [1.165, 1.54) is 11.3 Å². The summed E-state index contributed by atoms with van der Waals surface area (Å²) in [4.78, 5) is 33.4. The fraction of sp³-hybridized carbons (Fsp3) is 0.270. The lowest BCUT2D eigenvalue weighted by molar-refractivity contribution is -0.121. The van der Waals surface area contributed by atoms with Crippen LogP contribution in [0.2, 0.25) is 5.02 Å². The van der Waals surface area contributed by atoms with Gasteiger partial charge in [-0.05, 0) is 75.6 Å². The normalized spacial score (nSPS) is 13.9. The number of hydrogen-bond acceptors (Lipinski definition) is 8. The van der Waals surface area contributed by atoms with Crippen molar-refractivity contribution in [1.29, 1.82) is 10.8 Å². The average molecular weight is 696 g/mol. The third-order valence-electron chi connectivity index (χ3n) is 8.03. The zero-order valence-electron chi connectivity index (χ0n) is 27.6. The van der Waals surface area contributed by atoms with Crippen LogP contribution in [-0.2, 0) is 4.79 Å². The molecule has 2 aromatic heterocycles. The maximum absolute atomic E-state index is 13.1. The van der Waals surface area contributed by atoms with Gasteiger partial charge >= 0.3 is 0 Å². The largest absolute Gasteiger partial charge is 0.451 e. The summed E-state index contributed by atoms with van der Waals surface area (Å²) in [5.41, 5.74) is 10.5. The number of aryl methyl sites for hydroxylation is 1. The summed E-state index contributed by atoms with van der Waals surface area (Å²) in [7, 11) is 0. The molecule has 0 radical (unpaired) electrons. The molecule has 1 atom stereocenters. The van der Waals surface area contributed by atoms with Crippen molar-refractivity contribution >= 4 is 57.1 Å². The van der Waals surface area contributed by atoms with Gasteiger partial charge in [0.25, 0.3) is 5.91 Å². The number of thiophene rings is 1. The predicted octanol–water partition coefficient (Wildman–Crippen LogP) is 6.31. The van der Waals surface area contributed by atoms with Crippen LogP contribution in [0.1, 0.15) is 63.9 Å². The molecule has 0 spiro atoms. The van der Waals surface area contributed by atoms with E-state index in [9.17, 15) is 9.59 Å². The van der Waals surface area contributed by atoms with Crippen LogP contribution in [0.5, 0.6) is 0 Å². The molecule has 0 saturated heterocycles. The van der Waals surface area contributed by atoms with Crippen molar-refractivity contribution in [2.24, 2.45) is 10.7 Å². The van der Waals surface area contributed by atoms with Crippen LogP contribution in [0.4, 0.5) is 5.00 Å². The van der Waals surface area contributed by atoms with E-state index < -0.39 is 6.04 Å². The maximum atomic E-state index is 13.1. The van der Waals surface area contributed by atoms with Gasteiger partial charge in [0.05, 0.1) is 18.7 Å². The lowest BCUT2D eigenvalue weighted by Crippen LogP contribution is -2.42. The molecule has 252 valence electrons. The van der Waals surface area contributed by atoms with Gasteiger partial charge < -0.3 is 20.8 Å². The van der Waals surface area contributed by atoms with Crippen LogP contribution < -0.4 is 21.3 Å². The number of carbonyl (C=O) groups excluding carboxylic acids is 2. The van der Waals surface area contributed by atoms with E-state index in [2.05, 4.69) is 22.5 Å². The van der Waals surface area contributed by atoms with Crippen molar-refractivity contribution in [2.75, 3.05) is 24.5 Å². The summed E-state index contributed by atoms with van der Waals surface area (Å²) in [6, 6.07) is 17.5. The Kier molecular flexibility index (Phi) is 11.5. The quantitative estimate of drug-likeness (QED) is 0.0568. The highest BCUT2D eigenvalue weighted by Crippen LogP contribution is 2.40. The molecule has 0 saturated carbocycles. The van der Waals surface area contributed by atoms with E-state index >= 15 is 0 Å². The Morgan fingerprint density at radius 1 is 1.02 bits per heavy atom. The molecule has 4 aromatic rings. The number of hydrogen-bond donors (Lipinski definition) is 5. The van der Waals surface area contributed by atoms with Crippen molar-refractivity contribution in [3.05, 3.63) is 98.6 Å². The molecule has 2 amide bonds. The summed E-state index contributed by atoms with van der Waals surface area (Å²) in [5, 5.41) is 24.7. The molecule has 0 fully saturated rings. The minimum absolute atomic E-state index is 0.0476. The van der Waals surface area contributed by atoms with Gasteiger partial charge in [-0.1, -0.05) is 47.7 Å². The molecule has 2 aromatic carbocycles. The number of amides is 2. The minimum atomic E-state index is -0.800. The number of carbonyl (C=O) groups is 2. The predicted molar refractivity (Wildman–Crippen MR) is 198 cm³/mol. The first-order chi connectivity index (χ1) is 23.6. The molecule has 1 aliphatic heterocycles. The number of fused-ring (bicyclic) bond motifs is 1. The Hall–Kier alpha value is -5.02. The number of amidine groups is 2. The van der Waals surface area contributed by atoms with Gasteiger partial charge in [-0.3, -0.25) is 30.3 Å². The summed E-state index contributed by atoms with van der Waals surface area (Å²) in [6.07, 6.45) is 1.23. The lowest BCUT2D eigenvalue weighted by Gasteiger charge is -2.24. The first kappa shape index (κ1) is 35.3. The van der Waals surface area contributed by atoms with E-state index in [0.29, 0.717) is 49.0 Å². The highest BCUT2D eigenvalue weighted by Gasteiger charge is 2.34. The summed E-state index contributed by atoms with van der Waals surface area (Å²) < 4.78 is 5.77. The number of unbranched alkanes of at least 4 members (excludes halogenated alkanes) is 1. The summed E-state index contributed by atoms with van der Waals surface area (Å²) >= 11 is 7.68. The van der Waals surface area contributed by atoms with Gasteiger partial charge in [0.15, 0.2) is 5.76 Å². The Labute approximate surface area is 294 Å². The third kappa shape index (κ3) is 8.35. The molecular weight excluding hydrogens is 658 g/mol. The van der Waals surface area contributed by atoms with E-state index in [-0.39, 0.29) is 35.7 Å². The van der Waals surface area contributed by atoms with Crippen LogP contribution >= 0.6 is 22.9 Å². The van der Waals surface area contributed by atoms with E-state index in [4.69, 9.17) is 37.6 Å². The molecule has 5 rings (SSSR count). The van der Waals surface area contributed by atoms with Crippen LogP contribution in [0.25, 0.3) is 11.3 Å². The molecule has 1 aliphatic rings. The van der Waals surface area contributed by atoms with Gasteiger partial charge in [0, 0.05) is 45.2 Å². The first-order valence-electron chi connectivity index (χ1n) is 15.9. The van der Waals surface area contributed by atoms with Crippen LogP contribution in [0, 0.1) is 36.5 Å². The molecular formula is C37H38ClN7O3S. The molecule has 0 bridgehead atoms. The average Bonchev–Trinajstić information content (AvgIpc) is 3.66. The molecule has 10 nitrogen and oxygen atoms in total. The second kappa shape index (κ2) is 15.9. The van der Waals surface area contributed by atoms with Crippen molar-refractivity contribution in [2.45, 2.75) is 46.1 Å². The van der Waals surface area contributed by atoms with Gasteiger partial charge in [-0.2, -0.15) is 0 Å². The second-order valence-electron chi connectivity index (χ2n) is 11.5. The van der Waals surface area contributed by atoms with Crippen molar-refractivity contribution in [1.82, 2.24) is 10.6 Å². The lowest BCUT2D eigenvalue weighted by atomic mass is 9.99. The fourth-order valence-electron chi connectivity index (χ4n) is 5.39. The Bertz CT molecular complexity index is 1970. The van der Waals surface area contributed by atoms with Gasteiger partial charge in [-0.15, -0.1) is 11.3 Å². The highest BCUT2D eigenvalue weighted by molar-refractivity contribution is 7.17. The smallest absolute Gasteiger partial charge is 0.287 e. The molecule has 49 heavy (non-hydrogen) atoms. The fourth-order valence-corrected chi connectivity index (χ4v) is 6.74. The zero-order chi connectivity index (χ0) is 35.1. The highest BCUT2D eigenvalue weighted by atomic mass is 35.5. The number of halogens is 1. The summed E-state index contributed by atoms with van der Waals surface area (Å²) in [6.45, 7) is 6.77. The van der Waals surface area contributed by atoms with Gasteiger partial charge in [0.2, 0.25) is 5.91 Å². The summed E-state index contributed by atoms with van der Waals surface area (Å²) in [5.74, 6) is 6.28.